The van der Waals surface area contributed by atoms with Crippen LogP contribution in [0.3, 0.4) is 0 Å². The molecule has 2 rings (SSSR count). The third-order valence-corrected chi connectivity index (χ3v) is 3.49. The van der Waals surface area contributed by atoms with Gasteiger partial charge in [0.05, 0.1) is 10.7 Å². The Kier molecular flexibility index (Phi) is 6.31. The van der Waals surface area contributed by atoms with Gasteiger partial charge in [-0.3, -0.25) is 9.59 Å². The number of ether oxygens (including phenoxy) is 1. The average Bonchev–Trinajstić information content (AvgIpc) is 2.54. The monoisotopic (exact) mass is 335 g/mol. The molecule has 1 N–H and O–H groups in total. The number of amides is 1. The molecule has 1 aromatic carbocycles. The quantitative estimate of drug-likeness (QED) is 0.782. The maximum absolute atomic E-state index is 11.9. The zero-order valence-electron chi connectivity index (χ0n) is 12.8. The third kappa shape index (κ3) is 4.91. The van der Waals surface area contributed by atoms with Crippen LogP contribution in [0.15, 0.2) is 41.2 Å². The molecular weight excluding hydrogens is 318 g/mol. The number of carbonyl (C=O) groups excluding carboxylic acids is 1. The lowest BCUT2D eigenvalue weighted by molar-refractivity contribution is -0.121. The first-order valence-corrected chi connectivity index (χ1v) is 7.58. The number of methoxy groups -OCH3 is 1. The number of rotatable bonds is 7. The summed E-state index contributed by atoms with van der Waals surface area (Å²) in [5.74, 6) is -0.271. The fourth-order valence-electron chi connectivity index (χ4n) is 2.01. The maximum Gasteiger partial charge on any atom is 0.267 e. The predicted octanol–water partition coefficient (Wildman–Crippen LogP) is 1.72. The molecule has 0 saturated heterocycles. The average molecular weight is 336 g/mol. The van der Waals surface area contributed by atoms with Gasteiger partial charge in [-0.15, -0.1) is 0 Å². The standard InChI is InChI=1S/C16H18ClN3O3/c1-23-10-4-9-18-15(21)11-20-16(22)8-7-14(19-20)12-5-2-3-6-13(12)17/h2-3,5-8H,4,9-11H2,1H3,(H,18,21). The van der Waals surface area contributed by atoms with Crippen molar-refractivity contribution >= 4 is 17.5 Å². The summed E-state index contributed by atoms with van der Waals surface area (Å²) in [5.41, 5.74) is 0.915. The fourth-order valence-corrected chi connectivity index (χ4v) is 2.24. The molecule has 2 aromatic rings. The van der Waals surface area contributed by atoms with Crippen LogP contribution in [0.5, 0.6) is 0 Å². The van der Waals surface area contributed by atoms with E-state index < -0.39 is 0 Å². The molecule has 0 aliphatic rings. The van der Waals surface area contributed by atoms with Crippen LogP contribution >= 0.6 is 11.6 Å². The minimum atomic E-state index is -0.340. The van der Waals surface area contributed by atoms with Gasteiger partial charge in [0.1, 0.15) is 6.54 Å². The Balaban J connectivity index is 2.11. The Labute approximate surface area is 139 Å². The van der Waals surface area contributed by atoms with Crippen molar-refractivity contribution in [2.45, 2.75) is 13.0 Å². The highest BCUT2D eigenvalue weighted by atomic mass is 35.5. The van der Waals surface area contributed by atoms with Gasteiger partial charge in [-0.25, -0.2) is 4.68 Å². The van der Waals surface area contributed by atoms with Crippen LogP contribution in [0.4, 0.5) is 0 Å². The summed E-state index contributed by atoms with van der Waals surface area (Å²) in [5, 5.41) is 7.48. The third-order valence-electron chi connectivity index (χ3n) is 3.16. The summed E-state index contributed by atoms with van der Waals surface area (Å²) in [4.78, 5) is 23.7. The molecule has 0 fully saturated rings. The Morgan fingerprint density at radius 1 is 1.30 bits per heavy atom. The summed E-state index contributed by atoms with van der Waals surface area (Å²) in [6, 6.07) is 10.2. The number of nitrogens with one attached hydrogen (secondary N) is 1. The fraction of sp³-hybridized carbons (Fsp3) is 0.312. The number of nitrogens with zero attached hydrogens (tertiary/aromatic N) is 2. The molecule has 0 saturated carbocycles. The first-order chi connectivity index (χ1) is 11.1. The normalized spacial score (nSPS) is 10.5. The SMILES string of the molecule is COCCCNC(=O)Cn1nc(-c2ccccc2Cl)ccc1=O. The van der Waals surface area contributed by atoms with Gasteiger partial charge in [0, 0.05) is 31.9 Å². The number of hydrogen-bond acceptors (Lipinski definition) is 4. The number of carbonyl (C=O) groups is 1. The van der Waals surface area contributed by atoms with Crippen molar-refractivity contribution in [3.8, 4) is 11.3 Å². The molecule has 0 radical (unpaired) electrons. The Hall–Kier alpha value is -2.18. The lowest BCUT2D eigenvalue weighted by Crippen LogP contribution is -2.34. The number of hydrogen-bond donors (Lipinski definition) is 1. The van der Waals surface area contributed by atoms with Crippen molar-refractivity contribution in [2.24, 2.45) is 0 Å². The van der Waals surface area contributed by atoms with E-state index in [1.807, 2.05) is 18.2 Å². The molecule has 1 heterocycles. The van der Waals surface area contributed by atoms with Gasteiger partial charge in [-0.2, -0.15) is 5.10 Å². The molecule has 7 heteroatoms. The Morgan fingerprint density at radius 2 is 2.09 bits per heavy atom. The van der Waals surface area contributed by atoms with Gasteiger partial charge in [0.25, 0.3) is 5.56 Å². The van der Waals surface area contributed by atoms with Crippen LogP contribution in [0.25, 0.3) is 11.3 Å². The topological polar surface area (TPSA) is 73.2 Å². The first kappa shape index (κ1) is 17.2. The van der Waals surface area contributed by atoms with Crippen LogP contribution in [-0.4, -0.2) is 35.9 Å². The largest absolute Gasteiger partial charge is 0.385 e. The van der Waals surface area contributed by atoms with E-state index >= 15 is 0 Å². The maximum atomic E-state index is 11.9. The van der Waals surface area contributed by atoms with Gasteiger partial charge in [0.2, 0.25) is 5.91 Å². The van der Waals surface area contributed by atoms with Crippen LogP contribution in [0, 0.1) is 0 Å². The molecule has 0 spiro atoms. The van der Waals surface area contributed by atoms with Crippen LogP contribution in [0.1, 0.15) is 6.42 Å². The van der Waals surface area contributed by atoms with Crippen LogP contribution in [0.2, 0.25) is 5.02 Å². The minimum Gasteiger partial charge on any atom is -0.385 e. The molecule has 0 bridgehead atoms. The van der Waals surface area contributed by atoms with E-state index in [0.29, 0.717) is 35.9 Å². The van der Waals surface area contributed by atoms with Crippen molar-refractivity contribution in [1.82, 2.24) is 15.1 Å². The summed E-state index contributed by atoms with van der Waals surface area (Å²) in [6.07, 6.45) is 0.713. The number of halogens is 1. The zero-order chi connectivity index (χ0) is 16.7. The van der Waals surface area contributed by atoms with E-state index in [0.717, 1.165) is 4.68 Å². The van der Waals surface area contributed by atoms with E-state index in [4.69, 9.17) is 16.3 Å². The van der Waals surface area contributed by atoms with Gasteiger partial charge in [0.15, 0.2) is 0 Å². The van der Waals surface area contributed by atoms with Crippen molar-refractivity contribution in [3.63, 3.8) is 0 Å². The van der Waals surface area contributed by atoms with Crippen LogP contribution < -0.4 is 10.9 Å². The number of benzene rings is 1. The minimum absolute atomic E-state index is 0.135. The molecule has 23 heavy (non-hydrogen) atoms. The number of aromatic nitrogens is 2. The van der Waals surface area contributed by atoms with Gasteiger partial charge < -0.3 is 10.1 Å². The molecule has 122 valence electrons. The molecule has 0 atom stereocenters. The smallest absolute Gasteiger partial charge is 0.267 e. The highest BCUT2D eigenvalue weighted by Gasteiger charge is 2.09. The molecule has 1 aromatic heterocycles. The van der Waals surface area contributed by atoms with Gasteiger partial charge >= 0.3 is 0 Å². The molecule has 6 nitrogen and oxygen atoms in total. The Bertz CT molecular complexity index is 731. The second kappa shape index (κ2) is 8.45. The van der Waals surface area contributed by atoms with Gasteiger partial charge in [-0.1, -0.05) is 29.8 Å². The highest BCUT2D eigenvalue weighted by molar-refractivity contribution is 6.33. The summed E-state index contributed by atoms with van der Waals surface area (Å²) in [7, 11) is 1.60. The molecular formula is C16H18ClN3O3. The zero-order valence-corrected chi connectivity index (χ0v) is 13.5. The lowest BCUT2D eigenvalue weighted by Gasteiger charge is -2.09. The Morgan fingerprint density at radius 3 is 2.83 bits per heavy atom. The van der Waals surface area contributed by atoms with E-state index in [-0.39, 0.29) is 18.0 Å². The summed E-state index contributed by atoms with van der Waals surface area (Å²) < 4.78 is 6.03. The lowest BCUT2D eigenvalue weighted by atomic mass is 10.1. The second-order valence-corrected chi connectivity index (χ2v) is 5.30. The summed E-state index contributed by atoms with van der Waals surface area (Å²) >= 11 is 6.14. The van der Waals surface area contributed by atoms with E-state index in [9.17, 15) is 9.59 Å². The molecule has 0 aliphatic carbocycles. The van der Waals surface area contributed by atoms with Crippen molar-refractivity contribution in [2.75, 3.05) is 20.3 Å². The van der Waals surface area contributed by atoms with E-state index in [1.165, 1.54) is 6.07 Å². The molecule has 0 aliphatic heterocycles. The van der Waals surface area contributed by atoms with Crippen molar-refractivity contribution in [3.05, 3.63) is 51.8 Å². The highest BCUT2D eigenvalue weighted by Crippen LogP contribution is 2.24. The second-order valence-electron chi connectivity index (χ2n) is 4.89. The molecule has 1 amide bonds. The molecule has 0 unspecified atom stereocenters. The van der Waals surface area contributed by atoms with E-state index in [2.05, 4.69) is 10.4 Å². The van der Waals surface area contributed by atoms with Crippen molar-refractivity contribution < 1.29 is 9.53 Å². The van der Waals surface area contributed by atoms with Crippen molar-refractivity contribution in [1.29, 1.82) is 0 Å². The van der Waals surface area contributed by atoms with Crippen LogP contribution in [-0.2, 0) is 16.1 Å². The van der Waals surface area contributed by atoms with Gasteiger partial charge in [-0.05, 0) is 18.6 Å². The predicted molar refractivity (Wildman–Crippen MR) is 88.4 cm³/mol. The van der Waals surface area contributed by atoms with E-state index in [1.54, 1.807) is 19.2 Å². The summed E-state index contributed by atoms with van der Waals surface area (Å²) in [6.45, 7) is 0.927. The first-order valence-electron chi connectivity index (χ1n) is 7.20.